The van der Waals surface area contributed by atoms with Crippen molar-refractivity contribution in [1.82, 2.24) is 9.80 Å². The van der Waals surface area contributed by atoms with Crippen LogP contribution in [0.15, 0.2) is 0 Å². The van der Waals surface area contributed by atoms with Gasteiger partial charge in [-0.1, -0.05) is 0 Å². The summed E-state index contributed by atoms with van der Waals surface area (Å²) in [6, 6.07) is -0.686. The smallest absolute Gasteiger partial charge is 0.319 e. The van der Waals surface area contributed by atoms with E-state index in [1.54, 1.807) is 0 Å². The van der Waals surface area contributed by atoms with Crippen molar-refractivity contribution in [3.63, 3.8) is 0 Å². The van der Waals surface area contributed by atoms with Crippen molar-refractivity contribution in [3.05, 3.63) is 0 Å². The van der Waals surface area contributed by atoms with E-state index in [2.05, 4.69) is 0 Å². The van der Waals surface area contributed by atoms with Crippen LogP contribution in [0.4, 0.5) is 22.4 Å². The molecule has 0 atom stereocenters. The molecule has 0 N–H and O–H groups in total. The standard InChI is InChI=1S/C11H16F4N2O/c12-10(13)3-1-5-16(7-10)9(18)17-6-2-4-11(14,15)8-17/h1-8H2. The molecule has 3 nitrogen and oxygen atoms in total. The maximum Gasteiger partial charge on any atom is 0.320 e. The molecule has 7 heteroatoms. The number of carbonyl (C=O) groups excluding carboxylic acids is 1. The molecule has 0 unspecified atom stereocenters. The molecule has 0 aromatic heterocycles. The van der Waals surface area contributed by atoms with Gasteiger partial charge < -0.3 is 9.80 Å². The molecule has 2 fully saturated rings. The summed E-state index contributed by atoms with van der Waals surface area (Å²) < 4.78 is 52.7. The van der Waals surface area contributed by atoms with Crippen molar-refractivity contribution < 1.29 is 22.4 Å². The summed E-state index contributed by atoms with van der Waals surface area (Å²) >= 11 is 0. The Kier molecular flexibility index (Phi) is 3.42. The van der Waals surface area contributed by atoms with Crippen LogP contribution in [0.25, 0.3) is 0 Å². The van der Waals surface area contributed by atoms with Crippen molar-refractivity contribution in [2.24, 2.45) is 0 Å². The fraction of sp³-hybridized carbons (Fsp3) is 0.909. The second-order valence-electron chi connectivity index (χ2n) is 5.04. The Morgan fingerprint density at radius 1 is 0.833 bits per heavy atom. The van der Waals surface area contributed by atoms with Crippen molar-refractivity contribution in [1.29, 1.82) is 0 Å². The van der Waals surface area contributed by atoms with Crippen molar-refractivity contribution >= 4 is 6.03 Å². The molecule has 2 aliphatic heterocycles. The second kappa shape index (κ2) is 4.59. The van der Waals surface area contributed by atoms with Gasteiger partial charge in [-0.25, -0.2) is 22.4 Å². The SMILES string of the molecule is O=C(N1CCCC(F)(F)C1)N1CCCC(F)(F)C1. The van der Waals surface area contributed by atoms with Gasteiger partial charge in [-0.05, 0) is 12.8 Å². The summed E-state index contributed by atoms with van der Waals surface area (Å²) in [6.45, 7) is -0.880. The van der Waals surface area contributed by atoms with E-state index in [4.69, 9.17) is 0 Å². The van der Waals surface area contributed by atoms with E-state index >= 15 is 0 Å². The fourth-order valence-corrected chi connectivity index (χ4v) is 2.46. The highest BCUT2D eigenvalue weighted by molar-refractivity contribution is 5.74. The Balaban J connectivity index is 1.98. The van der Waals surface area contributed by atoms with Gasteiger partial charge >= 0.3 is 6.03 Å². The number of urea groups is 1. The minimum atomic E-state index is -2.90. The number of halogens is 4. The van der Waals surface area contributed by atoms with Crippen LogP contribution in [0.3, 0.4) is 0 Å². The highest BCUT2D eigenvalue weighted by Crippen LogP contribution is 2.30. The van der Waals surface area contributed by atoms with Gasteiger partial charge in [-0.3, -0.25) is 0 Å². The van der Waals surface area contributed by atoms with Gasteiger partial charge in [0.1, 0.15) is 0 Å². The molecule has 104 valence electrons. The third kappa shape index (κ3) is 3.05. The van der Waals surface area contributed by atoms with Gasteiger partial charge in [-0.2, -0.15) is 0 Å². The predicted octanol–water partition coefficient (Wildman–Crippen LogP) is 2.57. The minimum absolute atomic E-state index is 0.211. The number of hydrogen-bond acceptors (Lipinski definition) is 1. The average molecular weight is 268 g/mol. The van der Waals surface area contributed by atoms with E-state index in [0.717, 1.165) is 9.80 Å². The molecule has 0 spiro atoms. The molecule has 0 saturated carbocycles. The summed E-state index contributed by atoms with van der Waals surface area (Å²) in [7, 11) is 0. The molecule has 2 saturated heterocycles. The maximum atomic E-state index is 13.2. The van der Waals surface area contributed by atoms with Crippen LogP contribution >= 0.6 is 0 Å². The summed E-state index contributed by atoms with van der Waals surface area (Å²) in [6.07, 6.45) is -0.0637. The van der Waals surface area contributed by atoms with E-state index in [1.807, 2.05) is 0 Å². The van der Waals surface area contributed by atoms with Crippen LogP contribution in [0.2, 0.25) is 0 Å². The first-order valence-corrected chi connectivity index (χ1v) is 6.09. The summed E-state index contributed by atoms with van der Waals surface area (Å²) in [4.78, 5) is 13.9. The lowest BCUT2D eigenvalue weighted by molar-refractivity contribution is -0.0721. The molecule has 2 heterocycles. The minimum Gasteiger partial charge on any atom is -0.319 e. The second-order valence-corrected chi connectivity index (χ2v) is 5.04. The predicted molar refractivity (Wildman–Crippen MR) is 56.9 cm³/mol. The number of amides is 2. The Labute approximate surface area is 103 Å². The highest BCUT2D eigenvalue weighted by atomic mass is 19.3. The van der Waals surface area contributed by atoms with Crippen LogP contribution in [-0.4, -0.2) is 53.9 Å². The lowest BCUT2D eigenvalue weighted by Crippen LogP contribution is -2.55. The summed E-state index contributed by atoms with van der Waals surface area (Å²) in [5.41, 5.74) is 0. The molecule has 0 radical (unpaired) electrons. The number of piperidine rings is 2. The van der Waals surface area contributed by atoms with Gasteiger partial charge in [0.15, 0.2) is 0 Å². The summed E-state index contributed by atoms with van der Waals surface area (Å²) in [5, 5.41) is 0. The molecule has 0 bridgehead atoms. The van der Waals surface area contributed by atoms with Crippen molar-refractivity contribution in [2.45, 2.75) is 37.5 Å². The Bertz CT molecular complexity index is 305. The van der Waals surface area contributed by atoms with E-state index in [0.29, 0.717) is 0 Å². The van der Waals surface area contributed by atoms with E-state index in [-0.39, 0.29) is 38.8 Å². The molecular weight excluding hydrogens is 252 g/mol. The van der Waals surface area contributed by atoms with E-state index in [1.165, 1.54) is 0 Å². The van der Waals surface area contributed by atoms with Crippen molar-refractivity contribution in [2.75, 3.05) is 26.2 Å². The summed E-state index contributed by atoms with van der Waals surface area (Å²) in [5.74, 6) is -5.79. The third-order valence-electron chi connectivity index (χ3n) is 3.33. The van der Waals surface area contributed by atoms with Crippen LogP contribution in [0, 0.1) is 0 Å². The Morgan fingerprint density at radius 3 is 1.56 bits per heavy atom. The van der Waals surface area contributed by atoms with Gasteiger partial charge in [0.05, 0.1) is 13.1 Å². The van der Waals surface area contributed by atoms with Crippen LogP contribution in [-0.2, 0) is 0 Å². The van der Waals surface area contributed by atoms with E-state index < -0.39 is 31.0 Å². The average Bonchev–Trinajstić information content (AvgIpc) is 2.25. The van der Waals surface area contributed by atoms with Crippen molar-refractivity contribution in [3.8, 4) is 0 Å². The van der Waals surface area contributed by atoms with E-state index in [9.17, 15) is 22.4 Å². The molecule has 0 aliphatic carbocycles. The van der Waals surface area contributed by atoms with Crippen LogP contribution in [0.5, 0.6) is 0 Å². The fourth-order valence-electron chi connectivity index (χ4n) is 2.46. The molecular formula is C11H16F4N2O. The topological polar surface area (TPSA) is 23.6 Å². The lowest BCUT2D eigenvalue weighted by Gasteiger charge is -2.39. The molecule has 18 heavy (non-hydrogen) atoms. The van der Waals surface area contributed by atoms with Gasteiger partial charge in [0.25, 0.3) is 11.8 Å². The molecule has 2 rings (SSSR count). The number of nitrogens with zero attached hydrogens (tertiary/aromatic N) is 2. The monoisotopic (exact) mass is 268 g/mol. The Morgan fingerprint density at radius 2 is 1.22 bits per heavy atom. The van der Waals surface area contributed by atoms with Gasteiger partial charge in [0.2, 0.25) is 0 Å². The number of carbonyl (C=O) groups is 1. The third-order valence-corrected chi connectivity index (χ3v) is 3.33. The number of alkyl halides is 4. The first kappa shape index (κ1) is 13.4. The van der Waals surface area contributed by atoms with Gasteiger partial charge in [0, 0.05) is 25.9 Å². The lowest BCUT2D eigenvalue weighted by atomic mass is 10.1. The highest BCUT2D eigenvalue weighted by Gasteiger charge is 2.42. The zero-order valence-electron chi connectivity index (χ0n) is 9.97. The molecule has 0 aromatic carbocycles. The number of hydrogen-bond donors (Lipinski definition) is 0. The maximum absolute atomic E-state index is 13.2. The molecule has 2 aliphatic rings. The van der Waals surface area contributed by atoms with Gasteiger partial charge in [-0.15, -0.1) is 0 Å². The molecule has 0 aromatic rings. The zero-order chi connectivity index (χ0) is 13.4. The van der Waals surface area contributed by atoms with Crippen LogP contribution in [0.1, 0.15) is 25.7 Å². The number of rotatable bonds is 0. The first-order valence-electron chi connectivity index (χ1n) is 6.09. The Hall–Kier alpha value is -1.01. The largest absolute Gasteiger partial charge is 0.320 e. The zero-order valence-corrected chi connectivity index (χ0v) is 9.97. The normalized spacial score (nSPS) is 27.1. The molecule has 2 amide bonds. The number of likely N-dealkylation sites (tertiary alicyclic amines) is 2. The first-order chi connectivity index (χ1) is 8.29. The quantitative estimate of drug-likeness (QED) is 0.619. The van der Waals surface area contributed by atoms with Crippen LogP contribution < -0.4 is 0 Å².